The summed E-state index contributed by atoms with van der Waals surface area (Å²) < 4.78 is 0. The van der Waals surface area contributed by atoms with E-state index in [0.29, 0.717) is 42.6 Å². The zero-order valence-corrected chi connectivity index (χ0v) is 28.0. The second kappa shape index (κ2) is 16.0. The molecule has 3 heterocycles. The summed E-state index contributed by atoms with van der Waals surface area (Å²) in [6.45, 7) is 0.709. The summed E-state index contributed by atoms with van der Waals surface area (Å²) in [5.74, 6) is 0.375. The van der Waals surface area contributed by atoms with Crippen LogP contribution in [-0.2, 0) is 27.2 Å². The molecule has 256 valence electrons. The molecule has 4 atom stereocenters. The van der Waals surface area contributed by atoms with Crippen molar-refractivity contribution in [3.8, 4) is 6.07 Å². The van der Waals surface area contributed by atoms with Crippen molar-refractivity contribution in [2.24, 2.45) is 0 Å². The van der Waals surface area contributed by atoms with Gasteiger partial charge in [-0.1, -0.05) is 12.5 Å². The number of amides is 5. The van der Waals surface area contributed by atoms with Crippen LogP contribution in [0.4, 0.5) is 16.3 Å². The summed E-state index contributed by atoms with van der Waals surface area (Å²) in [4.78, 5) is 57.0. The van der Waals surface area contributed by atoms with Gasteiger partial charge in [0, 0.05) is 54.7 Å². The number of aromatic nitrogens is 2. The number of urea groups is 1. The highest BCUT2D eigenvalue weighted by molar-refractivity contribution is 8.00. The van der Waals surface area contributed by atoms with Crippen LogP contribution in [0.5, 0.6) is 0 Å². The van der Waals surface area contributed by atoms with Crippen molar-refractivity contribution in [2.45, 2.75) is 86.9 Å². The van der Waals surface area contributed by atoms with Crippen LogP contribution in [0.1, 0.15) is 68.1 Å². The lowest BCUT2D eigenvalue weighted by Gasteiger charge is -2.14. The molecule has 0 radical (unpaired) electrons. The van der Waals surface area contributed by atoms with E-state index in [-0.39, 0.29) is 54.1 Å². The number of unbranched alkanes of at least 4 members (excludes halogenated alkanes) is 1. The first kappa shape index (κ1) is 34.0. The summed E-state index contributed by atoms with van der Waals surface area (Å²) in [5, 5.41) is 28.8. The van der Waals surface area contributed by atoms with Gasteiger partial charge in [-0.15, -0.1) is 11.8 Å². The standard InChI is InChI=1S/C35H41N9O4S/c36-19-21-8-11-28-27(14-21)33(40-20-39-28)42-25-15-22-9-10-24(16-23(22)17-25)41-32(47)7-3-6-31(46)38-13-12-37-30(45)5-2-1-4-26-18-29-34(49-26)44-35(48)43-29/h8-11,14,16,20,25-26,29,34H,1-7,12-13,15,17-18H2,(H,37,45)(H,38,46)(H,41,47)(H,39,40,42)(H2,43,44,48). The maximum absolute atomic E-state index is 12.6. The summed E-state index contributed by atoms with van der Waals surface area (Å²) in [6, 6.07) is 13.7. The fraction of sp³-hybridized carbons (Fsp3) is 0.457. The number of rotatable bonds is 15. The monoisotopic (exact) mass is 683 g/mol. The van der Waals surface area contributed by atoms with Gasteiger partial charge in [-0.2, -0.15) is 5.26 Å². The molecular formula is C35H41N9O4S. The molecule has 1 aromatic heterocycles. The van der Waals surface area contributed by atoms with Crippen molar-refractivity contribution in [2.75, 3.05) is 23.7 Å². The minimum absolute atomic E-state index is 0.0244. The van der Waals surface area contributed by atoms with Crippen LogP contribution >= 0.6 is 11.8 Å². The minimum Gasteiger partial charge on any atom is -0.366 e. The number of nitrogens with one attached hydrogen (secondary N) is 6. The number of fused-ring (bicyclic) bond motifs is 3. The molecule has 2 aliphatic heterocycles. The Bertz CT molecular complexity index is 1750. The number of carbonyl (C=O) groups excluding carboxylic acids is 4. The van der Waals surface area contributed by atoms with Crippen LogP contribution in [0.25, 0.3) is 10.9 Å². The molecule has 49 heavy (non-hydrogen) atoms. The van der Waals surface area contributed by atoms with Gasteiger partial charge in [0.2, 0.25) is 17.7 Å². The first-order valence-electron chi connectivity index (χ1n) is 16.9. The van der Waals surface area contributed by atoms with Gasteiger partial charge in [0.25, 0.3) is 0 Å². The number of hydrogen-bond donors (Lipinski definition) is 6. The van der Waals surface area contributed by atoms with Crippen molar-refractivity contribution < 1.29 is 19.2 Å². The Balaban J connectivity index is 0.819. The van der Waals surface area contributed by atoms with Gasteiger partial charge in [-0.3, -0.25) is 14.4 Å². The Labute approximate surface area is 289 Å². The second-order valence-electron chi connectivity index (χ2n) is 12.8. The predicted molar refractivity (Wildman–Crippen MR) is 188 cm³/mol. The average molecular weight is 684 g/mol. The molecular weight excluding hydrogens is 643 g/mol. The zero-order chi connectivity index (χ0) is 34.2. The Morgan fingerprint density at radius 3 is 2.47 bits per heavy atom. The summed E-state index contributed by atoms with van der Waals surface area (Å²) in [7, 11) is 0. The molecule has 3 aliphatic rings. The van der Waals surface area contributed by atoms with E-state index in [9.17, 15) is 24.4 Å². The number of anilines is 2. The molecule has 13 nitrogen and oxygen atoms in total. The van der Waals surface area contributed by atoms with E-state index in [2.05, 4.69) is 47.9 Å². The molecule has 6 rings (SSSR count). The first-order chi connectivity index (χ1) is 23.8. The highest BCUT2D eigenvalue weighted by Gasteiger charge is 2.40. The van der Waals surface area contributed by atoms with Gasteiger partial charge in [0.1, 0.15) is 12.1 Å². The van der Waals surface area contributed by atoms with Crippen molar-refractivity contribution in [3.05, 3.63) is 59.4 Å². The number of thioether (sulfide) groups is 1. The van der Waals surface area contributed by atoms with Crippen molar-refractivity contribution in [1.29, 1.82) is 5.26 Å². The largest absolute Gasteiger partial charge is 0.366 e. The van der Waals surface area contributed by atoms with Gasteiger partial charge in [0.15, 0.2) is 0 Å². The molecule has 4 unspecified atom stereocenters. The molecule has 2 aromatic carbocycles. The number of nitriles is 1. The quantitative estimate of drug-likeness (QED) is 0.130. The lowest BCUT2D eigenvalue weighted by Crippen LogP contribution is -2.34. The molecule has 1 aliphatic carbocycles. The fourth-order valence-electron chi connectivity index (χ4n) is 6.66. The van der Waals surface area contributed by atoms with Gasteiger partial charge in [-0.05, 0) is 80.0 Å². The zero-order valence-electron chi connectivity index (χ0n) is 27.2. The first-order valence-corrected chi connectivity index (χ1v) is 17.9. The topological polar surface area (TPSA) is 190 Å². The Morgan fingerprint density at radius 1 is 0.898 bits per heavy atom. The van der Waals surface area contributed by atoms with E-state index in [4.69, 9.17) is 0 Å². The fourth-order valence-corrected chi connectivity index (χ4v) is 8.24. The Morgan fingerprint density at radius 2 is 1.67 bits per heavy atom. The van der Waals surface area contributed by atoms with Gasteiger partial charge >= 0.3 is 6.03 Å². The van der Waals surface area contributed by atoms with E-state index in [1.165, 1.54) is 11.9 Å². The Hall–Kier alpha value is -4.90. The lowest BCUT2D eigenvalue weighted by atomic mass is 10.1. The highest BCUT2D eigenvalue weighted by Crippen LogP contribution is 2.37. The highest BCUT2D eigenvalue weighted by atomic mass is 32.2. The summed E-state index contributed by atoms with van der Waals surface area (Å²) >= 11 is 1.81. The molecule has 2 saturated heterocycles. The third kappa shape index (κ3) is 9.17. The van der Waals surface area contributed by atoms with E-state index >= 15 is 0 Å². The van der Waals surface area contributed by atoms with Crippen molar-refractivity contribution in [1.82, 2.24) is 31.2 Å². The number of nitrogens with zero attached hydrogens (tertiary/aromatic N) is 3. The number of hydrogen-bond acceptors (Lipinski definition) is 9. The normalized spacial score (nSPS) is 20.4. The van der Waals surface area contributed by atoms with Crippen LogP contribution in [0.2, 0.25) is 0 Å². The van der Waals surface area contributed by atoms with Gasteiger partial charge < -0.3 is 31.9 Å². The molecule has 5 amide bonds. The van der Waals surface area contributed by atoms with Crippen LogP contribution in [0.3, 0.4) is 0 Å². The molecule has 6 N–H and O–H groups in total. The van der Waals surface area contributed by atoms with Crippen LogP contribution < -0.4 is 31.9 Å². The summed E-state index contributed by atoms with van der Waals surface area (Å²) in [5.41, 5.74) is 4.41. The van der Waals surface area contributed by atoms with E-state index < -0.39 is 0 Å². The van der Waals surface area contributed by atoms with Gasteiger partial charge in [0.05, 0.1) is 28.6 Å². The molecule has 0 spiro atoms. The average Bonchev–Trinajstić information content (AvgIpc) is 3.77. The van der Waals surface area contributed by atoms with Gasteiger partial charge in [-0.25, -0.2) is 14.8 Å². The maximum atomic E-state index is 12.6. The van der Waals surface area contributed by atoms with Crippen molar-refractivity contribution in [3.63, 3.8) is 0 Å². The maximum Gasteiger partial charge on any atom is 0.316 e. The lowest BCUT2D eigenvalue weighted by molar-refractivity contribution is -0.123. The van der Waals surface area contributed by atoms with E-state index in [0.717, 1.165) is 60.7 Å². The molecule has 2 fully saturated rings. The van der Waals surface area contributed by atoms with Crippen LogP contribution in [0, 0.1) is 11.3 Å². The number of carbonyl (C=O) groups is 4. The molecule has 3 aromatic rings. The molecule has 0 bridgehead atoms. The van der Waals surface area contributed by atoms with E-state index in [1.807, 2.05) is 24.3 Å². The molecule has 14 heteroatoms. The van der Waals surface area contributed by atoms with E-state index in [1.54, 1.807) is 23.9 Å². The van der Waals surface area contributed by atoms with Crippen molar-refractivity contribution >= 4 is 57.9 Å². The van der Waals surface area contributed by atoms with Crippen LogP contribution in [-0.4, -0.2) is 69.5 Å². The Kier molecular flexibility index (Phi) is 11.1. The SMILES string of the molecule is N#Cc1ccc2ncnc(NC3Cc4ccc(NC(=O)CCCC(=O)NCCNC(=O)CCCCC5CC6NC(=O)NC6S5)cc4C3)c2c1. The third-order valence-electron chi connectivity index (χ3n) is 9.10. The van der Waals surface area contributed by atoms with Crippen LogP contribution in [0.15, 0.2) is 42.7 Å². The molecule has 0 saturated carbocycles. The predicted octanol–water partition coefficient (Wildman–Crippen LogP) is 3.50. The summed E-state index contributed by atoms with van der Waals surface area (Å²) in [6.07, 6.45) is 8.19. The minimum atomic E-state index is -0.150. The smallest absolute Gasteiger partial charge is 0.316 e. The third-order valence-corrected chi connectivity index (χ3v) is 10.6. The number of benzene rings is 2. The second-order valence-corrected chi connectivity index (χ2v) is 14.2.